The van der Waals surface area contributed by atoms with E-state index in [9.17, 15) is 9.18 Å². The molecule has 0 atom stereocenters. The van der Waals surface area contributed by atoms with Crippen molar-refractivity contribution >= 4 is 17.5 Å². The van der Waals surface area contributed by atoms with E-state index < -0.39 is 11.7 Å². The number of imidazole rings is 1. The van der Waals surface area contributed by atoms with Gasteiger partial charge in [0.1, 0.15) is 5.82 Å². The van der Waals surface area contributed by atoms with Crippen LogP contribution in [0.3, 0.4) is 0 Å². The fraction of sp³-hybridized carbons (Fsp3) is 0.200. The van der Waals surface area contributed by atoms with E-state index in [-0.39, 0.29) is 24.9 Å². The molecule has 12 heteroatoms. The van der Waals surface area contributed by atoms with Crippen LogP contribution in [0.25, 0.3) is 22.6 Å². The Bertz CT molecular complexity index is 1660. The van der Waals surface area contributed by atoms with Gasteiger partial charge in [-0.2, -0.15) is 0 Å². The lowest BCUT2D eigenvalue weighted by Gasteiger charge is -2.35. The Morgan fingerprint density at radius 2 is 1.83 bits per heavy atom. The number of anilines is 2. The number of hydrogen-bond acceptors (Lipinski definition) is 9. The second kappa shape index (κ2) is 11.8. The standard InChI is InChI=1S/C30H27FN8O3/c1-30(28(40)36-22-6-4-12-32-15-22)17-41-27(42-18-30)26-38-24(19-7-9-20(31)10-8-19)25(39-26)23-11-14-34-29(37-23)35-16-21-5-2-3-13-33-21/h2-15,27H,16-18H2,1H3,(H,36,40)(H,38,39)(H,34,35,37). The molecular weight excluding hydrogens is 539 g/mol. The summed E-state index contributed by atoms with van der Waals surface area (Å²) in [5.41, 5.74) is 2.85. The molecule has 11 nitrogen and oxygen atoms in total. The van der Waals surface area contributed by atoms with E-state index in [1.165, 1.54) is 12.1 Å². The zero-order valence-corrected chi connectivity index (χ0v) is 22.6. The highest BCUT2D eigenvalue weighted by Crippen LogP contribution is 2.36. The van der Waals surface area contributed by atoms with Crippen LogP contribution in [-0.4, -0.2) is 49.0 Å². The maximum absolute atomic E-state index is 13.7. The number of ether oxygens (including phenoxy) is 2. The summed E-state index contributed by atoms with van der Waals surface area (Å²) in [5, 5.41) is 6.04. The van der Waals surface area contributed by atoms with Crippen LogP contribution >= 0.6 is 0 Å². The number of amides is 1. The minimum Gasteiger partial charge on any atom is -0.349 e. The van der Waals surface area contributed by atoms with Gasteiger partial charge in [0.05, 0.1) is 59.8 Å². The summed E-state index contributed by atoms with van der Waals surface area (Å²) in [6, 6.07) is 16.9. The first-order valence-electron chi connectivity index (χ1n) is 13.2. The van der Waals surface area contributed by atoms with Gasteiger partial charge in [-0.3, -0.25) is 14.8 Å². The van der Waals surface area contributed by atoms with Gasteiger partial charge >= 0.3 is 0 Å². The fourth-order valence-corrected chi connectivity index (χ4v) is 4.38. The number of aromatic nitrogens is 6. The molecule has 1 aromatic carbocycles. The summed E-state index contributed by atoms with van der Waals surface area (Å²) in [5.74, 6) is 0.190. The number of carbonyl (C=O) groups excluding carboxylic acids is 1. The number of aromatic amines is 1. The van der Waals surface area contributed by atoms with E-state index in [0.29, 0.717) is 46.7 Å². The molecule has 1 saturated heterocycles. The lowest BCUT2D eigenvalue weighted by atomic mass is 9.91. The van der Waals surface area contributed by atoms with Crippen molar-refractivity contribution in [3.63, 3.8) is 0 Å². The largest absolute Gasteiger partial charge is 0.349 e. The Kier molecular flexibility index (Phi) is 7.62. The molecular formula is C30H27FN8O3. The summed E-state index contributed by atoms with van der Waals surface area (Å²) < 4.78 is 25.7. The third-order valence-electron chi connectivity index (χ3n) is 6.70. The summed E-state index contributed by atoms with van der Waals surface area (Å²) in [7, 11) is 0. The number of pyridine rings is 2. The lowest BCUT2D eigenvalue weighted by molar-refractivity contribution is -0.229. The topological polar surface area (TPSA) is 140 Å². The van der Waals surface area contributed by atoms with E-state index in [4.69, 9.17) is 14.5 Å². The summed E-state index contributed by atoms with van der Waals surface area (Å²) >= 11 is 0. The van der Waals surface area contributed by atoms with Gasteiger partial charge in [-0.1, -0.05) is 6.07 Å². The molecule has 1 aliphatic heterocycles. The Balaban J connectivity index is 1.24. The van der Waals surface area contributed by atoms with Crippen LogP contribution < -0.4 is 10.6 Å². The summed E-state index contributed by atoms with van der Waals surface area (Å²) in [6.45, 7) is 2.41. The third-order valence-corrected chi connectivity index (χ3v) is 6.70. The van der Waals surface area contributed by atoms with E-state index in [2.05, 4.69) is 35.6 Å². The molecule has 1 aliphatic rings. The predicted octanol–water partition coefficient (Wildman–Crippen LogP) is 4.77. The summed E-state index contributed by atoms with van der Waals surface area (Å²) in [6.07, 6.45) is 5.70. The normalized spacial score (nSPS) is 18.4. The molecule has 1 amide bonds. The van der Waals surface area contributed by atoms with Crippen molar-refractivity contribution in [2.24, 2.45) is 5.41 Å². The Morgan fingerprint density at radius 3 is 2.57 bits per heavy atom. The molecule has 212 valence electrons. The van der Waals surface area contributed by atoms with Gasteiger partial charge in [0.15, 0.2) is 5.82 Å². The van der Waals surface area contributed by atoms with Gasteiger partial charge in [-0.25, -0.2) is 19.3 Å². The van der Waals surface area contributed by atoms with Crippen LogP contribution in [0.4, 0.5) is 16.0 Å². The number of benzene rings is 1. The van der Waals surface area contributed by atoms with Gasteiger partial charge in [0.2, 0.25) is 18.1 Å². The van der Waals surface area contributed by atoms with Crippen LogP contribution in [-0.2, 0) is 20.8 Å². The first-order chi connectivity index (χ1) is 20.5. The molecule has 0 bridgehead atoms. The fourth-order valence-electron chi connectivity index (χ4n) is 4.38. The zero-order chi connectivity index (χ0) is 28.9. The Labute approximate surface area is 240 Å². The molecule has 0 aliphatic carbocycles. The van der Waals surface area contributed by atoms with Crippen molar-refractivity contribution in [1.82, 2.24) is 29.9 Å². The highest BCUT2D eigenvalue weighted by molar-refractivity contribution is 5.95. The minimum atomic E-state index is -0.928. The monoisotopic (exact) mass is 566 g/mol. The molecule has 0 radical (unpaired) electrons. The van der Waals surface area contributed by atoms with Crippen molar-refractivity contribution < 1.29 is 18.7 Å². The van der Waals surface area contributed by atoms with Gasteiger partial charge in [-0.05, 0) is 61.5 Å². The number of nitrogens with one attached hydrogen (secondary N) is 3. The molecule has 1 fully saturated rings. The first-order valence-corrected chi connectivity index (χ1v) is 13.2. The van der Waals surface area contributed by atoms with Gasteiger partial charge in [0.25, 0.3) is 0 Å². The van der Waals surface area contributed by atoms with E-state index in [1.54, 1.807) is 62.0 Å². The maximum atomic E-state index is 13.7. The number of hydrogen-bond donors (Lipinski definition) is 3. The number of carbonyl (C=O) groups is 1. The van der Waals surface area contributed by atoms with Crippen molar-refractivity contribution in [1.29, 1.82) is 0 Å². The number of rotatable bonds is 8. The SMILES string of the molecule is CC1(C(=O)Nc2cccnc2)COC(c2nc(-c3ccc(F)cc3)c(-c3ccnc(NCc4ccccn4)n3)[nH]2)OC1. The third kappa shape index (κ3) is 5.99. The van der Waals surface area contributed by atoms with Gasteiger partial charge < -0.3 is 25.1 Å². The van der Waals surface area contributed by atoms with Crippen molar-refractivity contribution in [3.8, 4) is 22.6 Å². The number of nitrogens with zero attached hydrogens (tertiary/aromatic N) is 5. The van der Waals surface area contributed by atoms with Gasteiger partial charge in [0, 0.05) is 24.2 Å². The van der Waals surface area contributed by atoms with Crippen molar-refractivity contribution in [2.75, 3.05) is 23.8 Å². The van der Waals surface area contributed by atoms with Crippen LogP contribution in [0.1, 0.15) is 24.7 Å². The first kappa shape index (κ1) is 27.1. The minimum absolute atomic E-state index is 0.0980. The predicted molar refractivity (Wildman–Crippen MR) is 152 cm³/mol. The van der Waals surface area contributed by atoms with Crippen LogP contribution in [0.15, 0.2) is 85.5 Å². The molecule has 3 N–H and O–H groups in total. The average Bonchev–Trinajstić information content (AvgIpc) is 3.47. The lowest BCUT2D eigenvalue weighted by Crippen LogP contribution is -2.45. The summed E-state index contributed by atoms with van der Waals surface area (Å²) in [4.78, 5) is 38.4. The number of H-pyrrole nitrogens is 1. The van der Waals surface area contributed by atoms with Crippen molar-refractivity contribution in [3.05, 3.63) is 103 Å². The van der Waals surface area contributed by atoms with E-state index in [1.807, 2.05) is 18.2 Å². The smallest absolute Gasteiger partial charge is 0.235 e. The van der Waals surface area contributed by atoms with Gasteiger partial charge in [-0.15, -0.1) is 0 Å². The molecule has 42 heavy (non-hydrogen) atoms. The Morgan fingerprint density at radius 1 is 1.00 bits per heavy atom. The second-order valence-corrected chi connectivity index (χ2v) is 10.0. The van der Waals surface area contributed by atoms with Crippen LogP contribution in [0.2, 0.25) is 0 Å². The molecule has 5 aromatic rings. The quantitative estimate of drug-likeness (QED) is 0.242. The molecule has 0 unspecified atom stereocenters. The zero-order valence-electron chi connectivity index (χ0n) is 22.6. The number of halogens is 1. The Hall–Kier alpha value is -5.07. The second-order valence-electron chi connectivity index (χ2n) is 10.0. The molecule has 0 spiro atoms. The highest BCUT2D eigenvalue weighted by Gasteiger charge is 2.41. The van der Waals surface area contributed by atoms with E-state index in [0.717, 1.165) is 5.69 Å². The molecule has 4 aromatic heterocycles. The average molecular weight is 567 g/mol. The van der Waals surface area contributed by atoms with Crippen LogP contribution in [0, 0.1) is 11.2 Å². The van der Waals surface area contributed by atoms with E-state index >= 15 is 0 Å². The maximum Gasteiger partial charge on any atom is 0.235 e. The van der Waals surface area contributed by atoms with Crippen molar-refractivity contribution in [2.45, 2.75) is 19.8 Å². The highest BCUT2D eigenvalue weighted by atomic mass is 19.1. The molecule has 6 rings (SSSR count). The molecule has 5 heterocycles. The molecule has 0 saturated carbocycles. The van der Waals surface area contributed by atoms with Crippen LogP contribution in [0.5, 0.6) is 0 Å².